The summed E-state index contributed by atoms with van der Waals surface area (Å²) in [7, 11) is 0. The number of aliphatic imine (C=N–C) groups is 1. The SMILES string of the molecule is CC(C)(C)OC(=O)N1CCN2C(NCc3ccc(-n4cncn4)cc3)=NCC2C1.I. The van der Waals surface area contributed by atoms with Gasteiger partial charge >= 0.3 is 6.09 Å². The van der Waals surface area contributed by atoms with E-state index >= 15 is 0 Å². The highest BCUT2D eigenvalue weighted by Gasteiger charge is 2.36. The number of benzene rings is 1. The lowest BCUT2D eigenvalue weighted by Gasteiger charge is -2.39. The number of aromatic nitrogens is 3. The van der Waals surface area contributed by atoms with Crippen LogP contribution < -0.4 is 5.32 Å². The fraction of sp³-hybridized carbons (Fsp3) is 0.500. The Morgan fingerprint density at radius 3 is 2.67 bits per heavy atom. The number of amides is 1. The van der Waals surface area contributed by atoms with Crippen molar-refractivity contribution in [1.29, 1.82) is 0 Å². The third-order valence-electron chi connectivity index (χ3n) is 4.93. The normalized spacial score (nSPS) is 18.4. The summed E-state index contributed by atoms with van der Waals surface area (Å²) >= 11 is 0. The van der Waals surface area contributed by atoms with Crippen LogP contribution in [0, 0.1) is 0 Å². The molecule has 1 aromatic carbocycles. The van der Waals surface area contributed by atoms with Crippen LogP contribution in [0.4, 0.5) is 4.79 Å². The van der Waals surface area contributed by atoms with Crippen LogP contribution in [-0.4, -0.2) is 74.4 Å². The zero-order chi connectivity index (χ0) is 20.4. The van der Waals surface area contributed by atoms with Crippen LogP contribution in [0.2, 0.25) is 0 Å². The predicted octanol–water partition coefficient (Wildman–Crippen LogP) is 2.27. The molecule has 2 aliphatic rings. The molecule has 2 aromatic rings. The summed E-state index contributed by atoms with van der Waals surface area (Å²) in [6.07, 6.45) is 2.95. The fourth-order valence-corrected chi connectivity index (χ4v) is 3.51. The predicted molar refractivity (Wildman–Crippen MR) is 124 cm³/mol. The van der Waals surface area contributed by atoms with Gasteiger partial charge in [0.15, 0.2) is 5.96 Å². The van der Waals surface area contributed by atoms with Gasteiger partial charge in [0.05, 0.1) is 18.3 Å². The molecular formula is C20H28IN7O2. The Labute approximate surface area is 193 Å². The first kappa shape index (κ1) is 22.3. The van der Waals surface area contributed by atoms with Gasteiger partial charge in [0.1, 0.15) is 18.3 Å². The van der Waals surface area contributed by atoms with E-state index in [1.807, 2.05) is 32.9 Å². The van der Waals surface area contributed by atoms with E-state index in [4.69, 9.17) is 4.74 Å². The molecule has 1 aromatic heterocycles. The molecule has 3 heterocycles. The van der Waals surface area contributed by atoms with Crippen molar-refractivity contribution in [3.05, 3.63) is 42.5 Å². The number of carbonyl (C=O) groups is 1. The minimum absolute atomic E-state index is 0. The minimum atomic E-state index is -0.476. The number of nitrogens with zero attached hydrogens (tertiary/aromatic N) is 6. The molecule has 0 radical (unpaired) electrons. The van der Waals surface area contributed by atoms with Gasteiger partial charge in [0.25, 0.3) is 0 Å². The molecule has 10 heteroatoms. The monoisotopic (exact) mass is 525 g/mol. The highest BCUT2D eigenvalue weighted by atomic mass is 127. The van der Waals surface area contributed by atoms with E-state index in [2.05, 4.69) is 37.4 Å². The van der Waals surface area contributed by atoms with Crippen LogP contribution in [0.1, 0.15) is 26.3 Å². The van der Waals surface area contributed by atoms with E-state index in [1.165, 1.54) is 6.33 Å². The largest absolute Gasteiger partial charge is 0.444 e. The molecule has 30 heavy (non-hydrogen) atoms. The van der Waals surface area contributed by atoms with E-state index in [9.17, 15) is 4.79 Å². The van der Waals surface area contributed by atoms with E-state index in [1.54, 1.807) is 15.9 Å². The van der Waals surface area contributed by atoms with Crippen molar-refractivity contribution in [3.63, 3.8) is 0 Å². The van der Waals surface area contributed by atoms with E-state index in [0.29, 0.717) is 26.2 Å². The molecule has 1 atom stereocenters. The van der Waals surface area contributed by atoms with Gasteiger partial charge in [-0.3, -0.25) is 4.99 Å². The molecule has 1 amide bonds. The number of piperazine rings is 1. The molecule has 2 aliphatic heterocycles. The zero-order valence-corrected chi connectivity index (χ0v) is 19.8. The van der Waals surface area contributed by atoms with Crippen LogP contribution in [0.15, 0.2) is 41.9 Å². The Morgan fingerprint density at radius 2 is 2.00 bits per heavy atom. The van der Waals surface area contributed by atoms with E-state index in [0.717, 1.165) is 23.8 Å². The first-order chi connectivity index (χ1) is 13.9. The third-order valence-corrected chi connectivity index (χ3v) is 4.93. The second-order valence-electron chi connectivity index (χ2n) is 8.30. The average molecular weight is 525 g/mol. The summed E-state index contributed by atoms with van der Waals surface area (Å²) in [6, 6.07) is 8.37. The lowest BCUT2D eigenvalue weighted by molar-refractivity contribution is 0.0137. The van der Waals surface area contributed by atoms with Gasteiger partial charge in [-0.2, -0.15) is 5.10 Å². The number of rotatable bonds is 3. The molecule has 1 fully saturated rings. The summed E-state index contributed by atoms with van der Waals surface area (Å²) in [5.41, 5.74) is 1.66. The van der Waals surface area contributed by atoms with E-state index in [-0.39, 0.29) is 36.1 Å². The summed E-state index contributed by atoms with van der Waals surface area (Å²) in [5.74, 6) is 0.902. The second-order valence-corrected chi connectivity index (χ2v) is 8.30. The first-order valence-electron chi connectivity index (χ1n) is 9.86. The molecule has 0 bridgehead atoms. The Bertz CT molecular complexity index is 878. The van der Waals surface area contributed by atoms with Gasteiger partial charge in [0, 0.05) is 26.2 Å². The second kappa shape index (κ2) is 9.19. The Hall–Kier alpha value is -2.37. The smallest absolute Gasteiger partial charge is 0.410 e. The van der Waals surface area contributed by atoms with Crippen LogP contribution in [0.5, 0.6) is 0 Å². The summed E-state index contributed by atoms with van der Waals surface area (Å²) in [6.45, 7) is 9.07. The topological polar surface area (TPSA) is 87.9 Å². The van der Waals surface area contributed by atoms with Crippen molar-refractivity contribution in [2.24, 2.45) is 4.99 Å². The maximum atomic E-state index is 12.3. The number of guanidine groups is 1. The van der Waals surface area contributed by atoms with Crippen molar-refractivity contribution in [1.82, 2.24) is 29.9 Å². The van der Waals surface area contributed by atoms with Gasteiger partial charge in [-0.05, 0) is 38.5 Å². The molecule has 1 unspecified atom stereocenters. The highest BCUT2D eigenvalue weighted by Crippen LogP contribution is 2.19. The van der Waals surface area contributed by atoms with Crippen LogP contribution in [0.25, 0.3) is 5.69 Å². The molecule has 1 N–H and O–H groups in total. The molecule has 0 saturated carbocycles. The van der Waals surface area contributed by atoms with Gasteiger partial charge in [-0.25, -0.2) is 14.5 Å². The number of ether oxygens (including phenoxy) is 1. The number of carbonyl (C=O) groups excluding carboxylic acids is 1. The molecule has 4 rings (SSSR count). The summed E-state index contributed by atoms with van der Waals surface area (Å²) in [4.78, 5) is 25.0. The average Bonchev–Trinajstić information content (AvgIpc) is 3.35. The standard InChI is InChI=1S/C20H27N7O2.HI/c1-20(2,3)29-19(28)25-8-9-26-17(12-25)11-23-18(26)22-10-15-4-6-16(7-5-15)27-14-21-13-24-27;/h4-7,13-14,17H,8-12H2,1-3H3,(H,22,23);1H. The highest BCUT2D eigenvalue weighted by molar-refractivity contribution is 14.0. The van der Waals surface area contributed by atoms with Crippen molar-refractivity contribution in [3.8, 4) is 5.69 Å². The summed E-state index contributed by atoms with van der Waals surface area (Å²) in [5, 5.41) is 7.58. The number of nitrogens with one attached hydrogen (secondary N) is 1. The van der Waals surface area contributed by atoms with Crippen LogP contribution in [-0.2, 0) is 11.3 Å². The fourth-order valence-electron chi connectivity index (χ4n) is 3.51. The molecular weight excluding hydrogens is 497 g/mol. The van der Waals surface area contributed by atoms with E-state index < -0.39 is 5.60 Å². The van der Waals surface area contributed by atoms with Crippen molar-refractivity contribution in [2.75, 3.05) is 26.2 Å². The molecule has 0 spiro atoms. The number of halogens is 1. The van der Waals surface area contributed by atoms with Gasteiger partial charge in [-0.1, -0.05) is 12.1 Å². The van der Waals surface area contributed by atoms with Gasteiger partial charge in [0.2, 0.25) is 0 Å². The maximum absolute atomic E-state index is 12.3. The maximum Gasteiger partial charge on any atom is 0.410 e. The van der Waals surface area contributed by atoms with Gasteiger partial charge < -0.3 is 19.9 Å². The number of fused-ring (bicyclic) bond motifs is 1. The zero-order valence-electron chi connectivity index (χ0n) is 17.5. The number of hydrogen-bond acceptors (Lipinski definition) is 7. The minimum Gasteiger partial charge on any atom is -0.444 e. The van der Waals surface area contributed by atoms with Gasteiger partial charge in [-0.15, -0.1) is 24.0 Å². The quantitative estimate of drug-likeness (QED) is 0.619. The number of hydrogen-bond donors (Lipinski definition) is 1. The van der Waals surface area contributed by atoms with Crippen molar-refractivity contribution in [2.45, 2.75) is 39.0 Å². The molecule has 162 valence electrons. The van der Waals surface area contributed by atoms with Crippen LogP contribution in [0.3, 0.4) is 0 Å². The van der Waals surface area contributed by atoms with Crippen LogP contribution >= 0.6 is 24.0 Å². The lowest BCUT2D eigenvalue weighted by Crippen LogP contribution is -2.57. The Balaban J connectivity index is 0.00000256. The Kier molecular flexibility index (Phi) is 6.84. The molecule has 9 nitrogen and oxygen atoms in total. The van der Waals surface area contributed by atoms with Crippen molar-refractivity contribution >= 4 is 36.0 Å². The first-order valence-corrected chi connectivity index (χ1v) is 9.86. The van der Waals surface area contributed by atoms with Crippen molar-refractivity contribution < 1.29 is 9.53 Å². The Morgan fingerprint density at radius 1 is 1.23 bits per heavy atom. The molecule has 0 aliphatic carbocycles. The molecule has 1 saturated heterocycles. The lowest BCUT2D eigenvalue weighted by atomic mass is 10.2. The third kappa shape index (κ3) is 5.21. The summed E-state index contributed by atoms with van der Waals surface area (Å²) < 4.78 is 7.23.